The van der Waals surface area contributed by atoms with Gasteiger partial charge in [-0.2, -0.15) is 4.98 Å². The molecule has 0 saturated heterocycles. The number of hydrogen-bond acceptors (Lipinski definition) is 4. The summed E-state index contributed by atoms with van der Waals surface area (Å²) in [5, 5.41) is 13.6. The van der Waals surface area contributed by atoms with Crippen molar-refractivity contribution < 1.29 is 9.63 Å². The molecular formula is C12H14N2O2. The van der Waals surface area contributed by atoms with Crippen molar-refractivity contribution in [1.82, 2.24) is 10.1 Å². The summed E-state index contributed by atoms with van der Waals surface area (Å²) in [6, 6.07) is 5.35. The Balaban J connectivity index is 2.42. The van der Waals surface area contributed by atoms with Crippen LogP contribution < -0.4 is 0 Å². The summed E-state index contributed by atoms with van der Waals surface area (Å²) in [6.07, 6.45) is 0. The fraction of sp³-hybridized carbons (Fsp3) is 0.333. The largest absolute Gasteiger partial charge is 0.507 e. The lowest BCUT2D eigenvalue weighted by Crippen LogP contribution is -1.89. The molecule has 2 aromatic rings. The predicted octanol–water partition coefficient (Wildman–Crippen LogP) is 2.87. The van der Waals surface area contributed by atoms with Crippen LogP contribution in [0, 0.1) is 6.92 Å². The molecule has 4 nitrogen and oxygen atoms in total. The van der Waals surface area contributed by atoms with Gasteiger partial charge >= 0.3 is 0 Å². The highest BCUT2D eigenvalue weighted by atomic mass is 16.5. The number of rotatable bonds is 2. The molecule has 0 fully saturated rings. The molecule has 4 heteroatoms. The minimum absolute atomic E-state index is 0.166. The Labute approximate surface area is 93.9 Å². The van der Waals surface area contributed by atoms with Gasteiger partial charge in [0.25, 0.3) is 5.89 Å². The Kier molecular flexibility index (Phi) is 2.64. The van der Waals surface area contributed by atoms with Crippen LogP contribution in [-0.2, 0) is 0 Å². The second kappa shape index (κ2) is 3.96. The van der Waals surface area contributed by atoms with E-state index in [2.05, 4.69) is 10.1 Å². The van der Waals surface area contributed by atoms with Crippen LogP contribution in [0.25, 0.3) is 11.5 Å². The lowest BCUT2D eigenvalue weighted by atomic mass is 10.1. The highest BCUT2D eigenvalue weighted by molar-refractivity contribution is 5.62. The number of aromatic hydroxyl groups is 1. The number of aryl methyl sites for hydroxylation is 1. The highest BCUT2D eigenvalue weighted by Gasteiger charge is 2.14. The molecule has 0 saturated carbocycles. The fourth-order valence-electron chi connectivity index (χ4n) is 1.40. The second-order valence-corrected chi connectivity index (χ2v) is 4.13. The van der Waals surface area contributed by atoms with Gasteiger partial charge in [0.1, 0.15) is 5.75 Å². The van der Waals surface area contributed by atoms with E-state index in [0.717, 1.165) is 5.56 Å². The maximum atomic E-state index is 9.76. The number of hydrogen-bond donors (Lipinski definition) is 1. The van der Waals surface area contributed by atoms with Crippen LogP contribution in [0.5, 0.6) is 5.75 Å². The summed E-state index contributed by atoms with van der Waals surface area (Å²) in [5.74, 6) is 1.39. The zero-order valence-electron chi connectivity index (χ0n) is 9.56. The van der Waals surface area contributed by atoms with E-state index in [9.17, 15) is 5.11 Å². The van der Waals surface area contributed by atoms with Crippen molar-refractivity contribution in [3.05, 3.63) is 29.6 Å². The maximum absolute atomic E-state index is 9.76. The molecule has 1 N–H and O–H groups in total. The molecule has 1 aromatic carbocycles. The van der Waals surface area contributed by atoms with Crippen LogP contribution in [-0.4, -0.2) is 15.2 Å². The van der Waals surface area contributed by atoms with Gasteiger partial charge in [0, 0.05) is 5.92 Å². The van der Waals surface area contributed by atoms with Crippen LogP contribution in [0.2, 0.25) is 0 Å². The number of benzene rings is 1. The van der Waals surface area contributed by atoms with Gasteiger partial charge in [-0.15, -0.1) is 0 Å². The lowest BCUT2D eigenvalue weighted by molar-refractivity contribution is 0.414. The summed E-state index contributed by atoms with van der Waals surface area (Å²) in [5.41, 5.74) is 1.56. The number of aromatic nitrogens is 2. The van der Waals surface area contributed by atoms with Crippen molar-refractivity contribution in [3.8, 4) is 17.2 Å². The molecular weight excluding hydrogens is 204 g/mol. The monoisotopic (exact) mass is 218 g/mol. The molecule has 1 heterocycles. The number of phenols is 1. The Hall–Kier alpha value is -1.84. The van der Waals surface area contributed by atoms with E-state index < -0.39 is 0 Å². The third-order valence-electron chi connectivity index (χ3n) is 2.34. The first-order valence-corrected chi connectivity index (χ1v) is 5.21. The highest BCUT2D eigenvalue weighted by Crippen LogP contribution is 2.29. The van der Waals surface area contributed by atoms with Gasteiger partial charge in [0.2, 0.25) is 0 Å². The minimum atomic E-state index is 0.166. The zero-order valence-corrected chi connectivity index (χ0v) is 9.56. The molecule has 0 amide bonds. The summed E-state index contributed by atoms with van der Waals surface area (Å²) < 4.78 is 5.11. The molecule has 0 bridgehead atoms. The first-order valence-electron chi connectivity index (χ1n) is 5.21. The standard InChI is InChI=1S/C12H14N2O2/c1-7(2)11-13-12(16-14-11)9-5-4-8(3)6-10(9)15/h4-7,15H,1-3H3. The topological polar surface area (TPSA) is 59.2 Å². The quantitative estimate of drug-likeness (QED) is 0.842. The van der Waals surface area contributed by atoms with Gasteiger partial charge in [0.05, 0.1) is 5.56 Å². The maximum Gasteiger partial charge on any atom is 0.261 e. The van der Waals surface area contributed by atoms with Crippen molar-refractivity contribution >= 4 is 0 Å². The van der Waals surface area contributed by atoms with E-state index >= 15 is 0 Å². The van der Waals surface area contributed by atoms with Crippen LogP contribution in [0.4, 0.5) is 0 Å². The van der Waals surface area contributed by atoms with Gasteiger partial charge in [-0.25, -0.2) is 0 Å². The summed E-state index contributed by atoms with van der Waals surface area (Å²) in [4.78, 5) is 4.23. The average molecular weight is 218 g/mol. The predicted molar refractivity (Wildman–Crippen MR) is 60.2 cm³/mol. The van der Waals surface area contributed by atoms with Crippen molar-refractivity contribution in [2.45, 2.75) is 26.7 Å². The van der Waals surface area contributed by atoms with Crippen LogP contribution in [0.15, 0.2) is 22.7 Å². The molecule has 0 aliphatic rings. The summed E-state index contributed by atoms with van der Waals surface area (Å²) >= 11 is 0. The molecule has 0 spiro atoms. The third-order valence-corrected chi connectivity index (χ3v) is 2.34. The Morgan fingerprint density at radius 2 is 2.06 bits per heavy atom. The Morgan fingerprint density at radius 3 is 2.62 bits per heavy atom. The van der Waals surface area contributed by atoms with E-state index in [1.54, 1.807) is 12.1 Å². The van der Waals surface area contributed by atoms with E-state index in [1.807, 2.05) is 26.8 Å². The minimum Gasteiger partial charge on any atom is -0.507 e. The van der Waals surface area contributed by atoms with Gasteiger partial charge in [-0.1, -0.05) is 25.1 Å². The Bertz CT molecular complexity index is 503. The first kappa shape index (κ1) is 10.7. The molecule has 0 atom stereocenters. The van der Waals surface area contributed by atoms with E-state index in [-0.39, 0.29) is 11.7 Å². The third kappa shape index (κ3) is 1.91. The number of phenolic OH excluding ortho intramolecular Hbond substituents is 1. The van der Waals surface area contributed by atoms with Crippen LogP contribution >= 0.6 is 0 Å². The van der Waals surface area contributed by atoms with Gasteiger partial charge in [0.15, 0.2) is 5.82 Å². The van der Waals surface area contributed by atoms with Gasteiger partial charge < -0.3 is 9.63 Å². The summed E-state index contributed by atoms with van der Waals surface area (Å²) in [7, 11) is 0. The van der Waals surface area contributed by atoms with Crippen molar-refractivity contribution in [2.75, 3.05) is 0 Å². The lowest BCUT2D eigenvalue weighted by Gasteiger charge is -2.00. The molecule has 0 radical (unpaired) electrons. The molecule has 0 aliphatic carbocycles. The molecule has 0 unspecified atom stereocenters. The van der Waals surface area contributed by atoms with Gasteiger partial charge in [-0.3, -0.25) is 0 Å². The average Bonchev–Trinajstić information content (AvgIpc) is 2.66. The molecule has 0 aliphatic heterocycles. The zero-order chi connectivity index (χ0) is 11.7. The summed E-state index contributed by atoms with van der Waals surface area (Å²) in [6.45, 7) is 5.89. The fourth-order valence-corrected chi connectivity index (χ4v) is 1.40. The van der Waals surface area contributed by atoms with Crippen LogP contribution in [0.3, 0.4) is 0 Å². The molecule has 2 rings (SSSR count). The van der Waals surface area contributed by atoms with Crippen molar-refractivity contribution in [3.63, 3.8) is 0 Å². The Morgan fingerprint density at radius 1 is 1.31 bits per heavy atom. The first-order chi connectivity index (χ1) is 7.58. The van der Waals surface area contributed by atoms with Crippen molar-refractivity contribution in [2.24, 2.45) is 0 Å². The van der Waals surface area contributed by atoms with Crippen LogP contribution in [0.1, 0.15) is 31.2 Å². The normalized spacial score (nSPS) is 11.0. The molecule has 1 aromatic heterocycles. The number of nitrogens with zero attached hydrogens (tertiary/aromatic N) is 2. The smallest absolute Gasteiger partial charge is 0.261 e. The molecule has 84 valence electrons. The van der Waals surface area contributed by atoms with Gasteiger partial charge in [-0.05, 0) is 24.6 Å². The van der Waals surface area contributed by atoms with E-state index in [4.69, 9.17) is 4.52 Å². The molecule has 16 heavy (non-hydrogen) atoms. The second-order valence-electron chi connectivity index (χ2n) is 4.13. The van der Waals surface area contributed by atoms with E-state index in [0.29, 0.717) is 17.3 Å². The SMILES string of the molecule is Cc1ccc(-c2nc(C(C)C)no2)c(O)c1. The van der Waals surface area contributed by atoms with E-state index in [1.165, 1.54) is 0 Å². The van der Waals surface area contributed by atoms with Crippen molar-refractivity contribution in [1.29, 1.82) is 0 Å².